The highest BCUT2D eigenvalue weighted by Crippen LogP contribution is 2.10. The number of aliphatic carboxylic acids is 2. The summed E-state index contributed by atoms with van der Waals surface area (Å²) in [5, 5.41) is 29.0. The first-order valence-electron chi connectivity index (χ1n) is 10.6. The van der Waals surface area contributed by atoms with E-state index in [4.69, 9.17) is 5.11 Å². The molecule has 0 aromatic rings. The van der Waals surface area contributed by atoms with E-state index in [-0.39, 0.29) is 30.7 Å². The lowest BCUT2D eigenvalue weighted by atomic mass is 10.0. The van der Waals surface area contributed by atoms with Crippen molar-refractivity contribution in [1.29, 1.82) is 0 Å². The molecule has 0 aliphatic carbocycles. The van der Waals surface area contributed by atoms with Gasteiger partial charge in [-0.25, -0.2) is 4.79 Å². The van der Waals surface area contributed by atoms with Gasteiger partial charge in [-0.05, 0) is 50.2 Å². The molecule has 1 rings (SSSR count). The van der Waals surface area contributed by atoms with Crippen LogP contribution < -0.4 is 21.3 Å². The minimum atomic E-state index is -1.25. The second-order valence-corrected chi connectivity index (χ2v) is 9.04. The van der Waals surface area contributed by atoms with Crippen LogP contribution in [0.25, 0.3) is 0 Å². The Morgan fingerprint density at radius 3 is 2.16 bits per heavy atom. The van der Waals surface area contributed by atoms with E-state index in [2.05, 4.69) is 21.3 Å². The van der Waals surface area contributed by atoms with Crippen LogP contribution in [0.5, 0.6) is 0 Å². The summed E-state index contributed by atoms with van der Waals surface area (Å²) >= 11 is 1.42. The lowest BCUT2D eigenvalue weighted by Crippen LogP contribution is -2.58. The van der Waals surface area contributed by atoms with E-state index < -0.39 is 48.3 Å². The number of carbonyl (C=O) groups is 5. The molecule has 12 heteroatoms. The molecule has 4 atom stereocenters. The average molecular weight is 475 g/mol. The van der Waals surface area contributed by atoms with E-state index in [0.29, 0.717) is 12.2 Å². The molecule has 0 aromatic carbocycles. The molecule has 1 aliphatic rings. The van der Waals surface area contributed by atoms with Crippen LogP contribution in [0.3, 0.4) is 0 Å². The fourth-order valence-corrected chi connectivity index (χ4v) is 3.73. The SMILES string of the molecule is CSCCC(NC(=O)C(CCC(=O)O)NC(=O)C(NC(=O)C1CCCN1)C(C)C)C(=O)O. The highest BCUT2D eigenvalue weighted by Gasteiger charge is 2.32. The smallest absolute Gasteiger partial charge is 0.326 e. The second kappa shape index (κ2) is 13.9. The molecule has 3 amide bonds. The maximum absolute atomic E-state index is 12.9. The van der Waals surface area contributed by atoms with E-state index in [9.17, 15) is 29.1 Å². The summed E-state index contributed by atoms with van der Waals surface area (Å²) in [5.74, 6) is -3.89. The van der Waals surface area contributed by atoms with Crippen molar-refractivity contribution < 1.29 is 34.2 Å². The third-order valence-electron chi connectivity index (χ3n) is 5.13. The van der Waals surface area contributed by atoms with Gasteiger partial charge in [-0.1, -0.05) is 13.8 Å². The number of hydrogen-bond acceptors (Lipinski definition) is 7. The fourth-order valence-electron chi connectivity index (χ4n) is 3.26. The van der Waals surface area contributed by atoms with Gasteiger partial charge in [-0.2, -0.15) is 11.8 Å². The van der Waals surface area contributed by atoms with E-state index in [1.807, 2.05) is 0 Å². The maximum Gasteiger partial charge on any atom is 0.326 e. The van der Waals surface area contributed by atoms with Gasteiger partial charge < -0.3 is 31.5 Å². The number of thioether (sulfide) groups is 1. The van der Waals surface area contributed by atoms with Crippen molar-refractivity contribution in [2.75, 3.05) is 18.6 Å². The summed E-state index contributed by atoms with van der Waals surface area (Å²) in [6, 6.07) is -3.73. The van der Waals surface area contributed by atoms with Crippen molar-refractivity contribution in [2.24, 2.45) is 5.92 Å². The topological polar surface area (TPSA) is 174 Å². The highest BCUT2D eigenvalue weighted by molar-refractivity contribution is 7.98. The Morgan fingerprint density at radius 1 is 1.00 bits per heavy atom. The number of carboxylic acid groups (broad SMARTS) is 2. The van der Waals surface area contributed by atoms with E-state index in [1.54, 1.807) is 20.1 Å². The molecule has 1 aliphatic heterocycles. The first-order chi connectivity index (χ1) is 15.1. The lowest BCUT2D eigenvalue weighted by molar-refractivity contribution is -0.143. The molecule has 32 heavy (non-hydrogen) atoms. The monoisotopic (exact) mass is 474 g/mol. The number of nitrogens with one attached hydrogen (secondary N) is 4. The number of hydrogen-bond donors (Lipinski definition) is 6. The molecular formula is C20H34N4O7S. The van der Waals surface area contributed by atoms with Crippen LogP contribution in [-0.4, -0.2) is 82.6 Å². The summed E-state index contributed by atoms with van der Waals surface area (Å²) in [6.45, 7) is 4.19. The zero-order valence-electron chi connectivity index (χ0n) is 18.7. The van der Waals surface area contributed by atoms with Crippen molar-refractivity contribution in [3.8, 4) is 0 Å². The maximum atomic E-state index is 12.9. The van der Waals surface area contributed by atoms with Gasteiger partial charge in [0, 0.05) is 6.42 Å². The number of rotatable bonds is 14. The molecule has 0 saturated carbocycles. The second-order valence-electron chi connectivity index (χ2n) is 8.05. The predicted molar refractivity (Wildman–Crippen MR) is 119 cm³/mol. The summed E-state index contributed by atoms with van der Waals surface area (Å²) in [4.78, 5) is 60.5. The number of carboxylic acids is 2. The number of amides is 3. The Labute approximate surface area is 191 Å². The van der Waals surface area contributed by atoms with Crippen LogP contribution in [0.2, 0.25) is 0 Å². The summed E-state index contributed by atoms with van der Waals surface area (Å²) in [7, 11) is 0. The molecule has 0 aromatic heterocycles. The predicted octanol–water partition coefficient (Wildman–Crippen LogP) is -0.449. The lowest BCUT2D eigenvalue weighted by Gasteiger charge is -2.27. The summed E-state index contributed by atoms with van der Waals surface area (Å²) < 4.78 is 0. The Kier molecular flexibility index (Phi) is 12.1. The van der Waals surface area contributed by atoms with Gasteiger partial charge in [-0.3, -0.25) is 19.2 Å². The molecule has 11 nitrogen and oxygen atoms in total. The molecule has 0 spiro atoms. The molecule has 1 fully saturated rings. The van der Waals surface area contributed by atoms with E-state index >= 15 is 0 Å². The van der Waals surface area contributed by atoms with Gasteiger partial charge >= 0.3 is 11.9 Å². The van der Waals surface area contributed by atoms with Gasteiger partial charge in [0.15, 0.2) is 0 Å². The minimum Gasteiger partial charge on any atom is -0.481 e. The Hall–Kier alpha value is -2.34. The first-order valence-corrected chi connectivity index (χ1v) is 12.0. The zero-order valence-corrected chi connectivity index (χ0v) is 19.5. The van der Waals surface area contributed by atoms with Gasteiger partial charge in [-0.15, -0.1) is 0 Å². The Morgan fingerprint density at radius 2 is 1.66 bits per heavy atom. The highest BCUT2D eigenvalue weighted by atomic mass is 32.2. The van der Waals surface area contributed by atoms with Gasteiger partial charge in [0.05, 0.1) is 6.04 Å². The van der Waals surface area contributed by atoms with Crippen molar-refractivity contribution in [3.05, 3.63) is 0 Å². The van der Waals surface area contributed by atoms with Crippen molar-refractivity contribution in [3.63, 3.8) is 0 Å². The van der Waals surface area contributed by atoms with Crippen LogP contribution >= 0.6 is 11.8 Å². The van der Waals surface area contributed by atoms with Gasteiger partial charge in [0.2, 0.25) is 17.7 Å². The molecular weight excluding hydrogens is 440 g/mol. The molecule has 182 valence electrons. The van der Waals surface area contributed by atoms with Gasteiger partial charge in [0.1, 0.15) is 18.1 Å². The van der Waals surface area contributed by atoms with Crippen LogP contribution in [0.15, 0.2) is 0 Å². The third kappa shape index (κ3) is 9.43. The fraction of sp³-hybridized carbons (Fsp3) is 0.750. The van der Waals surface area contributed by atoms with Gasteiger partial charge in [0.25, 0.3) is 0 Å². The zero-order chi connectivity index (χ0) is 24.3. The van der Waals surface area contributed by atoms with Crippen molar-refractivity contribution >= 4 is 41.4 Å². The van der Waals surface area contributed by atoms with Crippen LogP contribution in [-0.2, 0) is 24.0 Å². The van der Waals surface area contributed by atoms with Crippen LogP contribution in [0.1, 0.15) is 46.0 Å². The largest absolute Gasteiger partial charge is 0.481 e. The molecule has 0 bridgehead atoms. The standard InChI is InChI=1S/C20H34N4O7S/c1-11(2)16(24-17(27)12-5-4-9-21-12)19(29)22-13(6-7-15(25)26)18(28)23-14(20(30)31)8-10-32-3/h11-14,16,21H,4-10H2,1-3H3,(H,22,29)(H,23,28)(H,24,27)(H,25,26)(H,30,31). The molecule has 1 saturated heterocycles. The minimum absolute atomic E-state index is 0.181. The Balaban J connectivity index is 2.89. The third-order valence-corrected chi connectivity index (χ3v) is 5.77. The van der Waals surface area contributed by atoms with E-state index in [0.717, 1.165) is 13.0 Å². The molecule has 4 unspecified atom stereocenters. The summed E-state index contributed by atoms with van der Waals surface area (Å²) in [6.07, 6.45) is 2.89. The van der Waals surface area contributed by atoms with Crippen LogP contribution in [0.4, 0.5) is 0 Å². The molecule has 0 radical (unpaired) electrons. The molecule has 6 N–H and O–H groups in total. The number of carbonyl (C=O) groups excluding carboxylic acids is 3. The van der Waals surface area contributed by atoms with Crippen molar-refractivity contribution in [2.45, 2.75) is 70.1 Å². The van der Waals surface area contributed by atoms with E-state index in [1.165, 1.54) is 11.8 Å². The quantitative estimate of drug-likeness (QED) is 0.195. The molecule has 1 heterocycles. The first kappa shape index (κ1) is 27.7. The van der Waals surface area contributed by atoms with Crippen LogP contribution in [0, 0.1) is 5.92 Å². The average Bonchev–Trinajstić information content (AvgIpc) is 3.26. The normalized spacial score (nSPS) is 18.4. The Bertz CT molecular complexity index is 683. The van der Waals surface area contributed by atoms with Crippen molar-refractivity contribution in [1.82, 2.24) is 21.3 Å². The summed E-state index contributed by atoms with van der Waals surface area (Å²) in [5.41, 5.74) is 0.